The van der Waals surface area contributed by atoms with Gasteiger partial charge in [-0.25, -0.2) is 4.39 Å². The van der Waals surface area contributed by atoms with Gasteiger partial charge in [0.05, 0.1) is 11.5 Å². The number of hydrogen-bond acceptors (Lipinski definition) is 5. The molecule has 0 saturated carbocycles. The molecule has 1 unspecified atom stereocenters. The van der Waals surface area contributed by atoms with E-state index in [-0.39, 0.29) is 31.6 Å². The number of rotatable bonds is 12. The number of aromatic nitrogens is 1. The first-order chi connectivity index (χ1) is 17.1. The lowest BCUT2D eigenvalue weighted by Gasteiger charge is -2.30. The Hall–Kier alpha value is -3.43. The summed E-state index contributed by atoms with van der Waals surface area (Å²) >= 11 is 6.01. The standard InChI is InChI=1S/C26H28ClFN2O6/c1-3-35-11-10-26(2,25(33)34)15-19(29-24(32)22-14-23(31)30-36-22)12-16-4-6-17(7-5-16)20-13-18(27)8-9-21(20)28/h4-9,13-14,19H,3,10-12,15H2,1-2H3,(H,29,32)(H,30,31)(H,33,34)/t19-,26?/m1/s1. The van der Waals surface area contributed by atoms with Crippen LogP contribution in [0.2, 0.25) is 5.02 Å². The highest BCUT2D eigenvalue weighted by molar-refractivity contribution is 6.30. The molecule has 0 aliphatic carbocycles. The Kier molecular flexibility index (Phi) is 9.06. The van der Waals surface area contributed by atoms with Gasteiger partial charge < -0.3 is 19.7 Å². The number of aromatic amines is 1. The summed E-state index contributed by atoms with van der Waals surface area (Å²) in [4.78, 5) is 36.2. The maximum Gasteiger partial charge on any atom is 0.309 e. The van der Waals surface area contributed by atoms with Crippen molar-refractivity contribution in [1.29, 1.82) is 0 Å². The van der Waals surface area contributed by atoms with Crippen LogP contribution in [0.15, 0.2) is 57.8 Å². The van der Waals surface area contributed by atoms with E-state index in [0.29, 0.717) is 22.8 Å². The number of amides is 1. The second kappa shape index (κ2) is 12.0. The van der Waals surface area contributed by atoms with Gasteiger partial charge >= 0.3 is 5.97 Å². The number of nitrogens with one attached hydrogen (secondary N) is 2. The summed E-state index contributed by atoms with van der Waals surface area (Å²) < 4.78 is 24.5. The number of aliphatic carboxylic acids is 1. The van der Waals surface area contributed by atoms with Crippen molar-refractivity contribution in [3.63, 3.8) is 0 Å². The highest BCUT2D eigenvalue weighted by Gasteiger charge is 2.36. The second-order valence-electron chi connectivity index (χ2n) is 8.79. The van der Waals surface area contributed by atoms with E-state index in [1.807, 2.05) is 6.92 Å². The largest absolute Gasteiger partial charge is 0.481 e. The SMILES string of the molecule is CCOCCC(C)(C[C@@H](Cc1ccc(-c2cc(Cl)ccc2F)cc1)NC(=O)c1cc(=O)[nH]o1)C(=O)O. The summed E-state index contributed by atoms with van der Waals surface area (Å²) in [5, 5.41) is 15.2. The number of benzene rings is 2. The third-order valence-corrected chi connectivity index (χ3v) is 6.21. The summed E-state index contributed by atoms with van der Waals surface area (Å²) in [5.41, 5.74) is 0.0270. The van der Waals surface area contributed by atoms with Gasteiger partial charge in [0.15, 0.2) is 0 Å². The number of carboxylic acid groups (broad SMARTS) is 1. The van der Waals surface area contributed by atoms with Gasteiger partial charge in [-0.2, -0.15) is 5.16 Å². The van der Waals surface area contributed by atoms with Crippen LogP contribution in [0.4, 0.5) is 4.39 Å². The van der Waals surface area contributed by atoms with Gasteiger partial charge in [0, 0.05) is 29.8 Å². The fourth-order valence-corrected chi connectivity index (χ4v) is 4.10. The summed E-state index contributed by atoms with van der Waals surface area (Å²) in [7, 11) is 0. The maximum atomic E-state index is 14.3. The van der Waals surface area contributed by atoms with Gasteiger partial charge in [-0.05, 0) is 62.4 Å². The lowest BCUT2D eigenvalue weighted by molar-refractivity contribution is -0.150. The molecule has 0 spiro atoms. The Morgan fingerprint density at radius 2 is 1.94 bits per heavy atom. The Morgan fingerprint density at radius 1 is 1.22 bits per heavy atom. The number of carbonyl (C=O) groups excluding carboxylic acids is 1. The van der Waals surface area contributed by atoms with E-state index >= 15 is 0 Å². The lowest BCUT2D eigenvalue weighted by Crippen LogP contribution is -2.43. The van der Waals surface area contributed by atoms with Crippen molar-refractivity contribution >= 4 is 23.5 Å². The first-order valence-electron chi connectivity index (χ1n) is 11.5. The number of ether oxygens (including phenoxy) is 1. The topological polar surface area (TPSA) is 122 Å². The summed E-state index contributed by atoms with van der Waals surface area (Å²) in [6.45, 7) is 4.15. The molecule has 0 aliphatic heterocycles. The van der Waals surface area contributed by atoms with E-state index in [9.17, 15) is 23.9 Å². The van der Waals surface area contributed by atoms with Gasteiger partial charge in [0.25, 0.3) is 11.5 Å². The Balaban J connectivity index is 1.84. The maximum absolute atomic E-state index is 14.3. The quantitative estimate of drug-likeness (QED) is 0.299. The van der Waals surface area contributed by atoms with Gasteiger partial charge in [-0.15, -0.1) is 0 Å². The van der Waals surface area contributed by atoms with Crippen molar-refractivity contribution in [2.75, 3.05) is 13.2 Å². The van der Waals surface area contributed by atoms with Crippen LogP contribution in [0.25, 0.3) is 11.1 Å². The summed E-state index contributed by atoms with van der Waals surface area (Å²) in [6, 6.07) is 11.7. The van der Waals surface area contributed by atoms with Crippen molar-refractivity contribution in [3.8, 4) is 11.1 Å². The molecule has 3 N–H and O–H groups in total. The zero-order valence-electron chi connectivity index (χ0n) is 20.0. The highest BCUT2D eigenvalue weighted by Crippen LogP contribution is 2.31. The van der Waals surface area contributed by atoms with Crippen molar-refractivity contribution in [2.24, 2.45) is 5.41 Å². The lowest BCUT2D eigenvalue weighted by atomic mass is 9.79. The van der Waals surface area contributed by atoms with Gasteiger partial charge in [0.1, 0.15) is 5.82 Å². The van der Waals surface area contributed by atoms with Gasteiger partial charge in [-0.3, -0.25) is 14.4 Å². The van der Waals surface area contributed by atoms with E-state index in [1.165, 1.54) is 18.2 Å². The minimum atomic E-state index is -1.18. The molecule has 10 heteroatoms. The third-order valence-electron chi connectivity index (χ3n) is 5.97. The van der Waals surface area contributed by atoms with E-state index in [4.69, 9.17) is 20.9 Å². The van der Waals surface area contributed by atoms with Crippen LogP contribution in [0, 0.1) is 11.2 Å². The number of hydrogen-bond donors (Lipinski definition) is 3. The molecule has 0 bridgehead atoms. The van der Waals surface area contributed by atoms with Crippen molar-refractivity contribution < 1.29 is 28.3 Å². The smallest absolute Gasteiger partial charge is 0.309 e. The average molecular weight is 519 g/mol. The molecule has 0 saturated heterocycles. The van der Waals surface area contributed by atoms with E-state index in [1.54, 1.807) is 31.2 Å². The number of H-pyrrole nitrogens is 1. The van der Waals surface area contributed by atoms with E-state index in [2.05, 4.69) is 10.5 Å². The van der Waals surface area contributed by atoms with Crippen LogP contribution >= 0.6 is 11.6 Å². The Labute approximate surface area is 212 Å². The fourth-order valence-electron chi connectivity index (χ4n) is 3.93. The van der Waals surface area contributed by atoms with Crippen LogP contribution in [0.5, 0.6) is 0 Å². The zero-order chi connectivity index (χ0) is 26.3. The summed E-state index contributed by atoms with van der Waals surface area (Å²) in [5.74, 6) is -2.27. The minimum absolute atomic E-state index is 0.0977. The fraction of sp³-hybridized carbons (Fsp3) is 0.346. The van der Waals surface area contributed by atoms with Crippen LogP contribution in [0.3, 0.4) is 0 Å². The molecule has 3 aromatic rings. The Bertz CT molecular complexity index is 1260. The van der Waals surface area contributed by atoms with E-state index < -0.39 is 34.7 Å². The van der Waals surface area contributed by atoms with Crippen LogP contribution in [0.1, 0.15) is 42.8 Å². The minimum Gasteiger partial charge on any atom is -0.481 e. The molecule has 2 aromatic carbocycles. The van der Waals surface area contributed by atoms with Crippen LogP contribution < -0.4 is 10.9 Å². The zero-order valence-corrected chi connectivity index (χ0v) is 20.7. The van der Waals surface area contributed by atoms with Gasteiger partial charge in [-0.1, -0.05) is 35.9 Å². The van der Waals surface area contributed by atoms with Gasteiger partial charge in [0.2, 0.25) is 5.76 Å². The van der Waals surface area contributed by atoms with E-state index in [0.717, 1.165) is 11.6 Å². The molecule has 8 nitrogen and oxygen atoms in total. The van der Waals surface area contributed by atoms with Crippen LogP contribution in [-0.2, 0) is 16.0 Å². The second-order valence-corrected chi connectivity index (χ2v) is 9.23. The van der Waals surface area contributed by atoms with Crippen molar-refractivity contribution in [2.45, 2.75) is 39.2 Å². The third kappa shape index (κ3) is 7.05. The highest BCUT2D eigenvalue weighted by atomic mass is 35.5. The molecule has 0 aliphatic rings. The van der Waals surface area contributed by atoms with Crippen molar-refractivity contribution in [3.05, 3.63) is 81.0 Å². The number of halogens is 2. The molecule has 1 aromatic heterocycles. The number of carboxylic acids is 1. The Morgan fingerprint density at radius 3 is 2.56 bits per heavy atom. The summed E-state index contributed by atoms with van der Waals surface area (Å²) in [6.07, 6.45) is 0.630. The molecular weight excluding hydrogens is 491 g/mol. The molecule has 3 rings (SSSR count). The number of carbonyl (C=O) groups is 2. The molecule has 2 atom stereocenters. The first kappa shape index (κ1) is 27.2. The molecule has 0 fully saturated rings. The molecule has 1 amide bonds. The van der Waals surface area contributed by atoms with Crippen LogP contribution in [-0.4, -0.2) is 41.4 Å². The predicted octanol–water partition coefficient (Wildman–Crippen LogP) is 4.68. The first-order valence-corrected chi connectivity index (χ1v) is 11.8. The predicted molar refractivity (Wildman–Crippen MR) is 133 cm³/mol. The average Bonchev–Trinajstić information content (AvgIpc) is 3.27. The molecule has 0 radical (unpaired) electrons. The molecular formula is C26H28ClFN2O6. The monoisotopic (exact) mass is 518 g/mol. The molecule has 36 heavy (non-hydrogen) atoms. The molecule has 192 valence electrons. The molecule has 1 heterocycles. The normalized spacial score (nSPS) is 13.7. The van der Waals surface area contributed by atoms with Crippen molar-refractivity contribution in [1.82, 2.24) is 10.5 Å².